The highest BCUT2D eigenvalue weighted by atomic mass is 35.5. The molecule has 0 spiro atoms. The summed E-state index contributed by atoms with van der Waals surface area (Å²) in [7, 11) is 0. The van der Waals surface area contributed by atoms with Crippen LogP contribution in [0.5, 0.6) is 0 Å². The third-order valence-electron chi connectivity index (χ3n) is 5.90. The second kappa shape index (κ2) is 7.21. The molecule has 5 nitrogen and oxygen atoms in total. The van der Waals surface area contributed by atoms with E-state index in [1.807, 2.05) is 43.3 Å². The molecule has 1 unspecified atom stereocenters. The number of anilines is 1. The van der Waals surface area contributed by atoms with Gasteiger partial charge in [0.15, 0.2) is 11.6 Å². The minimum Gasteiger partial charge on any atom is -0.328 e. The Kier molecular flexibility index (Phi) is 4.72. The zero-order valence-electron chi connectivity index (χ0n) is 17.5. The fourth-order valence-electron chi connectivity index (χ4n) is 4.42. The molecule has 1 aliphatic carbocycles. The Hall–Kier alpha value is -2.63. The maximum absolute atomic E-state index is 13.3. The molecule has 1 N–H and O–H groups in total. The Labute approximate surface area is 191 Å². The van der Waals surface area contributed by atoms with Gasteiger partial charge in [-0.1, -0.05) is 72.9 Å². The van der Waals surface area contributed by atoms with Crippen LogP contribution in [-0.2, 0) is 4.79 Å². The second-order valence-electron chi connectivity index (χ2n) is 9.10. The number of hydrogen-bond acceptors (Lipinski definition) is 4. The molecule has 2 heterocycles. The first-order valence-electron chi connectivity index (χ1n) is 10.2. The maximum atomic E-state index is 13.3. The predicted molar refractivity (Wildman–Crippen MR) is 123 cm³/mol. The highest BCUT2D eigenvalue weighted by Gasteiger charge is 2.42. The smallest absolute Gasteiger partial charge is 0.226 e. The molecule has 0 saturated heterocycles. The molecule has 0 amide bonds. The number of halogens is 2. The lowest BCUT2D eigenvalue weighted by molar-refractivity contribution is -0.118. The number of hydrogen-bond donors (Lipinski definition) is 1. The number of ketones is 1. The largest absolute Gasteiger partial charge is 0.328 e. The fraction of sp³-hybridized carbons (Fsp3) is 0.292. The molecule has 0 bridgehead atoms. The van der Waals surface area contributed by atoms with Crippen molar-refractivity contribution in [1.82, 2.24) is 14.8 Å². The molecule has 0 fully saturated rings. The minimum absolute atomic E-state index is 0.118. The molecule has 31 heavy (non-hydrogen) atoms. The van der Waals surface area contributed by atoms with E-state index in [4.69, 9.17) is 33.3 Å². The highest BCUT2D eigenvalue weighted by molar-refractivity contribution is 6.42. The summed E-state index contributed by atoms with van der Waals surface area (Å²) in [4.78, 5) is 18.1. The first-order chi connectivity index (χ1) is 14.7. The molecular weight excluding hydrogens is 431 g/mol. The van der Waals surface area contributed by atoms with Crippen molar-refractivity contribution < 1.29 is 4.79 Å². The number of benzene rings is 2. The van der Waals surface area contributed by atoms with Crippen molar-refractivity contribution in [2.45, 2.75) is 39.7 Å². The van der Waals surface area contributed by atoms with Crippen molar-refractivity contribution in [2.75, 3.05) is 5.32 Å². The van der Waals surface area contributed by atoms with Crippen molar-refractivity contribution >= 4 is 34.9 Å². The third-order valence-corrected chi connectivity index (χ3v) is 6.64. The molecule has 7 heteroatoms. The quantitative estimate of drug-likeness (QED) is 0.501. The van der Waals surface area contributed by atoms with Gasteiger partial charge in [-0.25, -0.2) is 4.68 Å². The van der Waals surface area contributed by atoms with Gasteiger partial charge in [-0.05, 0) is 36.5 Å². The topological polar surface area (TPSA) is 59.8 Å². The molecule has 2 aromatic carbocycles. The van der Waals surface area contributed by atoms with Gasteiger partial charge >= 0.3 is 0 Å². The number of fused-ring (bicyclic) bond motifs is 1. The average molecular weight is 453 g/mol. The summed E-state index contributed by atoms with van der Waals surface area (Å²) < 4.78 is 1.80. The van der Waals surface area contributed by atoms with E-state index in [1.54, 1.807) is 10.7 Å². The molecular formula is C24H22Cl2N4O. The van der Waals surface area contributed by atoms with Crippen molar-refractivity contribution in [2.24, 2.45) is 5.41 Å². The highest BCUT2D eigenvalue weighted by Crippen LogP contribution is 2.46. The van der Waals surface area contributed by atoms with Crippen molar-refractivity contribution in [1.29, 1.82) is 0 Å². The summed E-state index contributed by atoms with van der Waals surface area (Å²) >= 11 is 12.5. The Morgan fingerprint density at radius 2 is 1.81 bits per heavy atom. The normalized spacial score (nSPS) is 19.6. The lowest BCUT2D eigenvalue weighted by Gasteiger charge is -2.38. The number of carbonyl (C=O) groups excluding carboxylic acids is 1. The maximum Gasteiger partial charge on any atom is 0.226 e. The molecule has 158 valence electrons. The van der Waals surface area contributed by atoms with Crippen molar-refractivity contribution in [3.8, 4) is 11.4 Å². The van der Waals surface area contributed by atoms with Gasteiger partial charge < -0.3 is 5.32 Å². The van der Waals surface area contributed by atoms with E-state index >= 15 is 0 Å². The van der Waals surface area contributed by atoms with E-state index in [0.29, 0.717) is 28.2 Å². The molecule has 5 rings (SSSR count). The van der Waals surface area contributed by atoms with Crippen LogP contribution in [-0.4, -0.2) is 20.5 Å². The van der Waals surface area contributed by atoms with Gasteiger partial charge in [0.1, 0.15) is 6.04 Å². The van der Waals surface area contributed by atoms with E-state index < -0.39 is 6.04 Å². The van der Waals surface area contributed by atoms with E-state index in [0.717, 1.165) is 28.8 Å². The van der Waals surface area contributed by atoms with Crippen LogP contribution in [0.2, 0.25) is 10.0 Å². The lowest BCUT2D eigenvalue weighted by Crippen LogP contribution is -2.36. The third kappa shape index (κ3) is 3.56. The number of aromatic nitrogens is 3. The summed E-state index contributed by atoms with van der Waals surface area (Å²) in [6, 6.07) is 13.2. The first kappa shape index (κ1) is 20.3. The zero-order valence-corrected chi connectivity index (χ0v) is 19.1. The van der Waals surface area contributed by atoms with Crippen molar-refractivity contribution in [3.05, 3.63) is 74.9 Å². The monoisotopic (exact) mass is 452 g/mol. The predicted octanol–water partition coefficient (Wildman–Crippen LogP) is 6.22. The standard InChI is InChI=1S/C24H22Cl2N4O/c1-13-4-6-14(7-5-13)22-28-23-27-18-11-24(2,3)12-19(31)20(18)21(30(23)29-22)15-8-9-16(25)17(26)10-15/h4-10,21H,11-12H2,1-3H3,(H,27,28,29). The molecule has 1 atom stereocenters. The minimum atomic E-state index is -0.406. The van der Waals surface area contributed by atoms with Crippen LogP contribution >= 0.6 is 23.2 Å². The van der Waals surface area contributed by atoms with Crippen LogP contribution < -0.4 is 5.32 Å². The Morgan fingerprint density at radius 1 is 1.06 bits per heavy atom. The van der Waals surface area contributed by atoms with Crippen LogP contribution in [0.25, 0.3) is 11.4 Å². The summed E-state index contributed by atoms with van der Waals surface area (Å²) in [6.07, 6.45) is 1.25. The summed E-state index contributed by atoms with van der Waals surface area (Å²) in [5.74, 6) is 1.35. The van der Waals surface area contributed by atoms with Crippen molar-refractivity contribution in [3.63, 3.8) is 0 Å². The average Bonchev–Trinajstić information content (AvgIpc) is 3.11. The van der Waals surface area contributed by atoms with Gasteiger partial charge in [-0.15, -0.1) is 5.10 Å². The van der Waals surface area contributed by atoms with Gasteiger partial charge in [0.2, 0.25) is 5.95 Å². The van der Waals surface area contributed by atoms with Crippen LogP contribution in [0.4, 0.5) is 5.95 Å². The molecule has 1 aliphatic heterocycles. The second-order valence-corrected chi connectivity index (χ2v) is 9.92. The molecule has 0 saturated carbocycles. The summed E-state index contributed by atoms with van der Waals surface area (Å²) in [5.41, 5.74) is 4.47. The summed E-state index contributed by atoms with van der Waals surface area (Å²) in [5, 5.41) is 9.13. The number of Topliss-reactive ketones (excluding diaryl/α,β-unsaturated/α-hetero) is 1. The number of rotatable bonds is 2. The number of carbonyl (C=O) groups is 1. The van der Waals surface area contributed by atoms with Crippen LogP contribution in [0.3, 0.4) is 0 Å². The van der Waals surface area contributed by atoms with Gasteiger partial charge in [0.05, 0.1) is 10.0 Å². The van der Waals surface area contributed by atoms with Gasteiger partial charge in [-0.3, -0.25) is 4.79 Å². The van der Waals surface area contributed by atoms with Crippen LogP contribution in [0.15, 0.2) is 53.7 Å². The Balaban J connectivity index is 1.69. The van der Waals surface area contributed by atoms with Crippen LogP contribution in [0.1, 0.15) is 43.9 Å². The Bertz CT molecular complexity index is 1240. The number of nitrogens with zero attached hydrogens (tertiary/aromatic N) is 3. The molecule has 2 aliphatic rings. The SMILES string of the molecule is Cc1ccc(-c2nc3n(n2)C(c2ccc(Cl)c(Cl)c2)C2=C(CC(C)(C)CC2=O)N3)cc1. The molecule has 0 radical (unpaired) electrons. The number of allylic oxidation sites excluding steroid dienone is 2. The first-order valence-corrected chi connectivity index (χ1v) is 11.0. The van der Waals surface area contributed by atoms with Gasteiger partial charge in [0.25, 0.3) is 0 Å². The fourth-order valence-corrected chi connectivity index (χ4v) is 4.73. The lowest BCUT2D eigenvalue weighted by atomic mass is 9.73. The van der Waals surface area contributed by atoms with E-state index in [9.17, 15) is 4.79 Å². The summed E-state index contributed by atoms with van der Waals surface area (Å²) in [6.45, 7) is 6.27. The van der Waals surface area contributed by atoms with Crippen LogP contribution in [0, 0.1) is 12.3 Å². The number of aryl methyl sites for hydroxylation is 1. The molecule has 3 aromatic rings. The molecule has 1 aromatic heterocycles. The Morgan fingerprint density at radius 3 is 2.52 bits per heavy atom. The van der Waals surface area contributed by atoms with Gasteiger partial charge in [0, 0.05) is 23.3 Å². The van der Waals surface area contributed by atoms with Gasteiger partial charge in [-0.2, -0.15) is 4.98 Å². The van der Waals surface area contributed by atoms with E-state index in [-0.39, 0.29) is 11.2 Å². The van der Waals surface area contributed by atoms with E-state index in [1.165, 1.54) is 5.56 Å². The number of nitrogens with one attached hydrogen (secondary N) is 1. The van der Waals surface area contributed by atoms with E-state index in [2.05, 4.69) is 19.2 Å². The zero-order chi connectivity index (χ0) is 21.9.